The van der Waals surface area contributed by atoms with Crippen molar-refractivity contribution in [1.29, 1.82) is 0 Å². The molecule has 2 amide bonds. The third kappa shape index (κ3) is 30.5. The van der Waals surface area contributed by atoms with Crippen molar-refractivity contribution in [2.75, 3.05) is 40.5 Å². The molecule has 4 N–H and O–H groups in total. The number of carbonyl (C=O) groups excluding carboxylic acids is 2. The van der Waals surface area contributed by atoms with Gasteiger partial charge in [0.2, 0.25) is 0 Å². The van der Waals surface area contributed by atoms with Gasteiger partial charge in [-0.25, -0.2) is 9.59 Å². The van der Waals surface area contributed by atoms with Crippen LogP contribution in [0.25, 0.3) is 0 Å². The van der Waals surface area contributed by atoms with Gasteiger partial charge >= 0.3 is 12.2 Å². The molecule has 0 rings (SSSR count). The molecular formula is C14H24N2O6. The fourth-order valence-corrected chi connectivity index (χ4v) is 0.574. The van der Waals surface area contributed by atoms with Crippen LogP contribution in [0.3, 0.4) is 0 Å². The van der Waals surface area contributed by atoms with Crippen molar-refractivity contribution in [2.45, 2.75) is 13.8 Å². The second-order valence-electron chi connectivity index (χ2n) is 2.86. The molecule has 8 heteroatoms. The number of aliphatic hydroxyl groups is 2. The van der Waals surface area contributed by atoms with Gasteiger partial charge in [-0.3, -0.25) is 0 Å². The summed E-state index contributed by atoms with van der Waals surface area (Å²) in [6, 6.07) is 0. The molecule has 0 aromatic carbocycles. The predicted octanol–water partition coefficient (Wildman–Crippen LogP) is -0.298. The molecular weight excluding hydrogens is 292 g/mol. The van der Waals surface area contributed by atoms with E-state index < -0.39 is 0 Å². The van der Waals surface area contributed by atoms with E-state index in [-0.39, 0.29) is 25.4 Å². The average molecular weight is 316 g/mol. The van der Waals surface area contributed by atoms with Crippen LogP contribution in [-0.2, 0) is 9.47 Å². The van der Waals surface area contributed by atoms with Crippen molar-refractivity contribution in [1.82, 2.24) is 10.6 Å². The summed E-state index contributed by atoms with van der Waals surface area (Å²) in [5, 5.41) is 20.7. The Morgan fingerprint density at radius 2 is 1.18 bits per heavy atom. The molecule has 0 aromatic heterocycles. The van der Waals surface area contributed by atoms with Crippen molar-refractivity contribution in [3.8, 4) is 23.7 Å². The molecule has 0 aliphatic carbocycles. The van der Waals surface area contributed by atoms with E-state index in [0.29, 0.717) is 13.2 Å². The molecule has 0 atom stereocenters. The fourth-order valence-electron chi connectivity index (χ4n) is 0.574. The largest absolute Gasteiger partial charge is 0.450 e. The van der Waals surface area contributed by atoms with E-state index in [4.69, 9.17) is 10.2 Å². The Hall–Kier alpha value is -2.42. The van der Waals surface area contributed by atoms with Crippen LogP contribution in [0.15, 0.2) is 0 Å². The number of carbonyl (C=O) groups is 2. The number of hydrogen-bond donors (Lipinski definition) is 4. The summed E-state index contributed by atoms with van der Waals surface area (Å²) in [5.74, 6) is 9.24. The summed E-state index contributed by atoms with van der Waals surface area (Å²) in [6.45, 7) is 4.02. The van der Waals surface area contributed by atoms with E-state index in [1.807, 2.05) is 0 Å². The van der Waals surface area contributed by atoms with E-state index in [9.17, 15) is 9.59 Å². The molecule has 0 spiro atoms. The average Bonchev–Trinajstić information content (AvgIpc) is 2.53. The summed E-state index contributed by atoms with van der Waals surface area (Å²) in [6.07, 6.45) is -0.745. The number of nitrogens with one attached hydrogen (secondary N) is 2. The van der Waals surface area contributed by atoms with Gasteiger partial charge in [-0.05, 0) is 25.7 Å². The lowest BCUT2D eigenvalue weighted by molar-refractivity contribution is 0.153. The van der Waals surface area contributed by atoms with Crippen LogP contribution in [0.5, 0.6) is 0 Å². The zero-order chi connectivity index (χ0) is 17.6. The second kappa shape index (κ2) is 23.7. The highest BCUT2D eigenvalue weighted by molar-refractivity contribution is 5.66. The van der Waals surface area contributed by atoms with Crippen molar-refractivity contribution in [3.63, 3.8) is 0 Å². The highest BCUT2D eigenvalue weighted by atomic mass is 16.5. The molecule has 0 unspecified atom stereocenters. The lowest BCUT2D eigenvalue weighted by Gasteiger charge is -1.95. The van der Waals surface area contributed by atoms with E-state index in [1.165, 1.54) is 14.1 Å². The van der Waals surface area contributed by atoms with Gasteiger partial charge in [0.05, 0.1) is 13.2 Å². The van der Waals surface area contributed by atoms with E-state index in [2.05, 4.69) is 43.8 Å². The fraction of sp³-hybridized carbons (Fsp3) is 0.571. The molecule has 0 saturated heterocycles. The third-order valence-electron chi connectivity index (χ3n) is 1.36. The number of rotatable bonds is 2. The van der Waals surface area contributed by atoms with Gasteiger partial charge in [0.15, 0.2) is 0 Å². The Bertz CT molecular complexity index is 352. The molecule has 0 aliphatic heterocycles. The monoisotopic (exact) mass is 316 g/mol. The zero-order valence-electron chi connectivity index (χ0n) is 13.4. The highest BCUT2D eigenvalue weighted by Gasteiger charge is 1.89. The smallest absolute Gasteiger partial charge is 0.406 e. The third-order valence-corrected chi connectivity index (χ3v) is 1.36. The number of hydrogen-bond acceptors (Lipinski definition) is 6. The summed E-state index contributed by atoms with van der Waals surface area (Å²) < 4.78 is 8.88. The van der Waals surface area contributed by atoms with Crippen LogP contribution in [-0.4, -0.2) is 62.9 Å². The standard InChI is InChI=1S/C6H6O2.2C4H9NO2/c7-5-3-1-2-4-6-8;2*1-3-7-4(6)5-2/h7-8H,5-6H2;2*3H2,1-2H3,(H,5,6). The Morgan fingerprint density at radius 1 is 0.864 bits per heavy atom. The summed E-state index contributed by atoms with van der Waals surface area (Å²) in [7, 11) is 3.05. The van der Waals surface area contributed by atoms with Crippen LogP contribution in [0.2, 0.25) is 0 Å². The van der Waals surface area contributed by atoms with Gasteiger partial charge < -0.3 is 30.3 Å². The molecule has 8 nitrogen and oxygen atoms in total. The number of alkyl carbamates (subject to hydrolysis) is 2. The van der Waals surface area contributed by atoms with Gasteiger partial charge in [0.25, 0.3) is 0 Å². The van der Waals surface area contributed by atoms with Crippen LogP contribution in [0, 0.1) is 23.7 Å². The first kappa shape index (κ1) is 24.6. The van der Waals surface area contributed by atoms with Crippen molar-refractivity contribution < 1.29 is 29.3 Å². The topological polar surface area (TPSA) is 117 Å². The maximum Gasteiger partial charge on any atom is 0.406 e. The number of aliphatic hydroxyl groups excluding tert-OH is 2. The number of ether oxygens (including phenoxy) is 2. The highest BCUT2D eigenvalue weighted by Crippen LogP contribution is 1.71. The second-order valence-corrected chi connectivity index (χ2v) is 2.86. The van der Waals surface area contributed by atoms with E-state index >= 15 is 0 Å². The molecule has 0 fully saturated rings. The molecule has 0 saturated carbocycles. The van der Waals surface area contributed by atoms with Crippen LogP contribution < -0.4 is 10.6 Å². The molecule has 0 bridgehead atoms. The summed E-state index contributed by atoms with van der Waals surface area (Å²) in [5.41, 5.74) is 0. The minimum atomic E-state index is -0.373. The van der Waals surface area contributed by atoms with Crippen molar-refractivity contribution >= 4 is 12.2 Å². The SMILES string of the molecule is CCOC(=O)NC.CCOC(=O)NC.OCC#CC#CCO. The normalized spacial score (nSPS) is 7.00. The molecule has 0 aromatic rings. The van der Waals surface area contributed by atoms with Gasteiger partial charge in [-0.2, -0.15) is 0 Å². The van der Waals surface area contributed by atoms with E-state index in [0.717, 1.165) is 0 Å². The Kier molecular flexibility index (Phi) is 26.4. The molecule has 22 heavy (non-hydrogen) atoms. The van der Waals surface area contributed by atoms with Crippen LogP contribution in [0.1, 0.15) is 13.8 Å². The minimum Gasteiger partial charge on any atom is -0.450 e. The Morgan fingerprint density at radius 3 is 1.32 bits per heavy atom. The summed E-state index contributed by atoms with van der Waals surface area (Å²) >= 11 is 0. The van der Waals surface area contributed by atoms with Crippen molar-refractivity contribution in [3.05, 3.63) is 0 Å². The first-order chi connectivity index (χ1) is 10.5. The van der Waals surface area contributed by atoms with Gasteiger partial charge in [-0.1, -0.05) is 11.8 Å². The molecule has 126 valence electrons. The van der Waals surface area contributed by atoms with E-state index in [1.54, 1.807) is 13.8 Å². The van der Waals surface area contributed by atoms with Gasteiger partial charge in [0, 0.05) is 14.1 Å². The predicted molar refractivity (Wildman–Crippen MR) is 81.9 cm³/mol. The Labute approximate surface area is 131 Å². The summed E-state index contributed by atoms with van der Waals surface area (Å²) in [4.78, 5) is 20.2. The maximum absolute atomic E-state index is 10.1. The van der Waals surface area contributed by atoms with Crippen LogP contribution in [0.4, 0.5) is 9.59 Å². The zero-order valence-corrected chi connectivity index (χ0v) is 13.4. The molecule has 0 heterocycles. The van der Waals surface area contributed by atoms with Crippen molar-refractivity contribution in [2.24, 2.45) is 0 Å². The lowest BCUT2D eigenvalue weighted by atomic mass is 10.5. The minimum absolute atomic E-state index is 0.180. The molecule has 0 radical (unpaired) electrons. The Balaban J connectivity index is -0.000000247. The maximum atomic E-state index is 10.1. The van der Waals surface area contributed by atoms with Gasteiger partial charge in [0.1, 0.15) is 13.2 Å². The lowest BCUT2D eigenvalue weighted by Crippen LogP contribution is -2.18. The number of amides is 2. The first-order valence-corrected chi connectivity index (χ1v) is 6.40. The van der Waals surface area contributed by atoms with Gasteiger partial charge in [-0.15, -0.1) is 0 Å². The van der Waals surface area contributed by atoms with Crippen LogP contribution >= 0.6 is 0 Å². The quantitative estimate of drug-likeness (QED) is 0.520. The first-order valence-electron chi connectivity index (χ1n) is 6.40. The molecule has 0 aliphatic rings.